The van der Waals surface area contributed by atoms with Crippen LogP contribution in [0.4, 0.5) is 5.82 Å². The summed E-state index contributed by atoms with van der Waals surface area (Å²) in [7, 11) is 0. The van der Waals surface area contributed by atoms with Crippen molar-refractivity contribution in [2.24, 2.45) is 11.7 Å². The summed E-state index contributed by atoms with van der Waals surface area (Å²) in [6, 6.07) is 4.10. The standard InChI is InChI=1S/C12H19N3/c1-9-5-7-15(8-9)12-11(10(2)13)4-3-6-14-12/h3-4,6,9-10H,5,7-8,13H2,1-2H3/t9?,10-/m0/s1. The molecule has 0 spiro atoms. The second kappa shape index (κ2) is 4.19. The Balaban J connectivity index is 2.27. The van der Waals surface area contributed by atoms with Gasteiger partial charge in [-0.2, -0.15) is 0 Å². The molecule has 1 unspecified atom stereocenters. The third-order valence-electron chi connectivity index (χ3n) is 3.03. The van der Waals surface area contributed by atoms with Crippen LogP contribution in [0, 0.1) is 5.92 Å². The van der Waals surface area contributed by atoms with E-state index in [4.69, 9.17) is 5.73 Å². The first-order valence-electron chi connectivity index (χ1n) is 5.64. The van der Waals surface area contributed by atoms with Gasteiger partial charge in [0.05, 0.1) is 0 Å². The van der Waals surface area contributed by atoms with E-state index in [9.17, 15) is 0 Å². The maximum atomic E-state index is 5.95. The second-order valence-electron chi connectivity index (χ2n) is 4.54. The molecule has 1 aromatic rings. The molecule has 2 heterocycles. The van der Waals surface area contributed by atoms with Crippen molar-refractivity contribution in [3.63, 3.8) is 0 Å². The fraction of sp³-hybridized carbons (Fsp3) is 0.583. The minimum Gasteiger partial charge on any atom is -0.356 e. The molecule has 1 fully saturated rings. The summed E-state index contributed by atoms with van der Waals surface area (Å²) in [5.74, 6) is 1.85. The van der Waals surface area contributed by atoms with E-state index in [-0.39, 0.29) is 6.04 Å². The van der Waals surface area contributed by atoms with Crippen molar-refractivity contribution in [2.45, 2.75) is 26.3 Å². The molecular formula is C12H19N3. The van der Waals surface area contributed by atoms with E-state index in [0.29, 0.717) is 0 Å². The van der Waals surface area contributed by atoms with E-state index >= 15 is 0 Å². The molecule has 3 heteroatoms. The first kappa shape index (κ1) is 10.4. The first-order valence-corrected chi connectivity index (χ1v) is 5.64. The fourth-order valence-corrected chi connectivity index (χ4v) is 2.16. The maximum Gasteiger partial charge on any atom is 0.133 e. The van der Waals surface area contributed by atoms with Gasteiger partial charge >= 0.3 is 0 Å². The zero-order chi connectivity index (χ0) is 10.8. The molecule has 3 nitrogen and oxygen atoms in total. The predicted molar refractivity (Wildman–Crippen MR) is 62.8 cm³/mol. The average Bonchev–Trinajstić information content (AvgIpc) is 2.65. The molecule has 0 aromatic carbocycles. The van der Waals surface area contributed by atoms with Crippen LogP contribution in [-0.2, 0) is 0 Å². The first-order chi connectivity index (χ1) is 7.18. The fourth-order valence-electron chi connectivity index (χ4n) is 2.16. The van der Waals surface area contributed by atoms with E-state index in [1.165, 1.54) is 6.42 Å². The van der Waals surface area contributed by atoms with Gasteiger partial charge in [-0.1, -0.05) is 13.0 Å². The molecule has 0 radical (unpaired) electrons. The Labute approximate surface area is 91.3 Å². The third-order valence-corrected chi connectivity index (χ3v) is 3.03. The van der Waals surface area contributed by atoms with Crippen molar-refractivity contribution in [3.8, 4) is 0 Å². The van der Waals surface area contributed by atoms with Gasteiger partial charge in [0.15, 0.2) is 0 Å². The van der Waals surface area contributed by atoms with Crippen molar-refractivity contribution in [1.82, 2.24) is 4.98 Å². The largest absolute Gasteiger partial charge is 0.356 e. The molecule has 0 aliphatic carbocycles. The lowest BCUT2D eigenvalue weighted by atomic mass is 10.1. The van der Waals surface area contributed by atoms with Gasteiger partial charge in [0, 0.05) is 30.9 Å². The normalized spacial score (nSPS) is 23.1. The van der Waals surface area contributed by atoms with Crippen LogP contribution in [0.15, 0.2) is 18.3 Å². The number of aromatic nitrogens is 1. The van der Waals surface area contributed by atoms with Crippen molar-refractivity contribution < 1.29 is 0 Å². The molecule has 0 amide bonds. The number of hydrogen-bond acceptors (Lipinski definition) is 3. The van der Waals surface area contributed by atoms with Crippen LogP contribution < -0.4 is 10.6 Å². The Kier molecular flexibility index (Phi) is 2.91. The number of nitrogens with two attached hydrogens (primary N) is 1. The highest BCUT2D eigenvalue weighted by Crippen LogP contribution is 2.27. The topological polar surface area (TPSA) is 42.2 Å². The third kappa shape index (κ3) is 2.12. The maximum absolute atomic E-state index is 5.95. The lowest BCUT2D eigenvalue weighted by Crippen LogP contribution is -2.23. The van der Waals surface area contributed by atoms with E-state index in [1.807, 2.05) is 19.2 Å². The molecule has 1 aliphatic rings. The molecule has 2 rings (SSSR count). The van der Waals surface area contributed by atoms with Crippen LogP contribution in [0.2, 0.25) is 0 Å². The second-order valence-corrected chi connectivity index (χ2v) is 4.54. The van der Waals surface area contributed by atoms with Crippen LogP contribution in [0.1, 0.15) is 31.9 Å². The number of rotatable bonds is 2. The van der Waals surface area contributed by atoms with Gasteiger partial charge in [-0.3, -0.25) is 0 Å². The van der Waals surface area contributed by atoms with Crippen LogP contribution >= 0.6 is 0 Å². The average molecular weight is 205 g/mol. The molecule has 1 aromatic heterocycles. The van der Waals surface area contributed by atoms with Gasteiger partial charge in [0.1, 0.15) is 5.82 Å². The molecule has 0 bridgehead atoms. The van der Waals surface area contributed by atoms with Crippen LogP contribution in [0.3, 0.4) is 0 Å². The summed E-state index contributed by atoms with van der Waals surface area (Å²) < 4.78 is 0. The van der Waals surface area contributed by atoms with E-state index < -0.39 is 0 Å². The van der Waals surface area contributed by atoms with Crippen LogP contribution in [0.25, 0.3) is 0 Å². The number of anilines is 1. The summed E-state index contributed by atoms with van der Waals surface area (Å²) >= 11 is 0. The summed E-state index contributed by atoms with van der Waals surface area (Å²) in [6.45, 7) is 6.52. The van der Waals surface area contributed by atoms with Crippen molar-refractivity contribution in [3.05, 3.63) is 23.9 Å². The number of hydrogen-bond donors (Lipinski definition) is 1. The van der Waals surface area contributed by atoms with Crippen molar-refractivity contribution >= 4 is 5.82 Å². The molecule has 15 heavy (non-hydrogen) atoms. The quantitative estimate of drug-likeness (QED) is 0.802. The number of nitrogens with zero attached hydrogens (tertiary/aromatic N) is 2. The van der Waals surface area contributed by atoms with Crippen molar-refractivity contribution in [2.75, 3.05) is 18.0 Å². The molecule has 0 saturated carbocycles. The zero-order valence-electron chi connectivity index (χ0n) is 9.48. The minimum absolute atomic E-state index is 0.0598. The molecular weight excluding hydrogens is 186 g/mol. The minimum atomic E-state index is 0.0598. The Morgan fingerprint density at radius 1 is 1.60 bits per heavy atom. The van der Waals surface area contributed by atoms with Gasteiger partial charge < -0.3 is 10.6 Å². The highest BCUT2D eigenvalue weighted by Gasteiger charge is 2.22. The van der Waals surface area contributed by atoms with Gasteiger partial charge in [-0.25, -0.2) is 4.98 Å². The molecule has 2 atom stereocenters. The van der Waals surface area contributed by atoms with E-state index in [1.54, 1.807) is 0 Å². The smallest absolute Gasteiger partial charge is 0.133 e. The highest BCUT2D eigenvalue weighted by atomic mass is 15.2. The molecule has 1 saturated heterocycles. The summed E-state index contributed by atoms with van der Waals surface area (Å²) in [5, 5.41) is 0. The van der Waals surface area contributed by atoms with Gasteiger partial charge in [-0.05, 0) is 25.3 Å². The zero-order valence-corrected chi connectivity index (χ0v) is 9.48. The summed E-state index contributed by atoms with van der Waals surface area (Å²) in [4.78, 5) is 6.81. The lowest BCUT2D eigenvalue weighted by molar-refractivity contribution is 0.658. The Hall–Kier alpha value is -1.09. The van der Waals surface area contributed by atoms with Crippen LogP contribution in [-0.4, -0.2) is 18.1 Å². The Morgan fingerprint density at radius 3 is 3.00 bits per heavy atom. The lowest BCUT2D eigenvalue weighted by Gasteiger charge is -2.21. The van der Waals surface area contributed by atoms with E-state index in [2.05, 4.69) is 22.9 Å². The van der Waals surface area contributed by atoms with Crippen molar-refractivity contribution in [1.29, 1.82) is 0 Å². The summed E-state index contributed by atoms with van der Waals surface area (Å²) in [6.07, 6.45) is 3.11. The SMILES string of the molecule is CC1CCN(c2ncccc2[C@H](C)N)C1. The monoisotopic (exact) mass is 205 g/mol. The van der Waals surface area contributed by atoms with E-state index in [0.717, 1.165) is 30.4 Å². The highest BCUT2D eigenvalue weighted by molar-refractivity contribution is 5.48. The number of pyridine rings is 1. The molecule has 1 aliphatic heterocycles. The Bertz CT molecular complexity index is 335. The van der Waals surface area contributed by atoms with Gasteiger partial charge in [0.25, 0.3) is 0 Å². The summed E-state index contributed by atoms with van der Waals surface area (Å²) in [5.41, 5.74) is 7.11. The van der Waals surface area contributed by atoms with Gasteiger partial charge in [0.2, 0.25) is 0 Å². The molecule has 2 N–H and O–H groups in total. The van der Waals surface area contributed by atoms with Gasteiger partial charge in [-0.15, -0.1) is 0 Å². The van der Waals surface area contributed by atoms with Crippen LogP contribution in [0.5, 0.6) is 0 Å². The molecule has 82 valence electrons. The predicted octanol–water partition coefficient (Wildman–Crippen LogP) is 1.95. The Morgan fingerprint density at radius 2 is 2.40 bits per heavy atom.